The van der Waals surface area contributed by atoms with Gasteiger partial charge in [0.15, 0.2) is 0 Å². The predicted octanol–water partition coefficient (Wildman–Crippen LogP) is 4.19. The number of hydrogen-bond acceptors (Lipinski definition) is 4. The molecule has 0 saturated carbocycles. The normalized spacial score (nSPS) is 28.9. The first-order valence-corrected chi connectivity index (χ1v) is 10.7. The average molecular weight is 383 g/mol. The maximum Gasteiger partial charge on any atom is 0.329 e. The first-order valence-electron chi connectivity index (χ1n) is 10.7. The molecule has 0 aliphatic carbocycles. The van der Waals surface area contributed by atoms with E-state index in [9.17, 15) is 9.90 Å². The second-order valence-corrected chi connectivity index (χ2v) is 8.90. The van der Waals surface area contributed by atoms with Crippen LogP contribution in [0.5, 0.6) is 0 Å². The van der Waals surface area contributed by atoms with Gasteiger partial charge in [-0.15, -0.1) is 0 Å². The number of aliphatic hydroxyl groups is 1. The van der Waals surface area contributed by atoms with Crippen molar-refractivity contribution in [2.75, 3.05) is 13.2 Å². The number of ether oxygens (including phenoxy) is 2. The van der Waals surface area contributed by atoms with Gasteiger partial charge in [0.1, 0.15) is 6.61 Å². The molecule has 0 radical (unpaired) electrons. The number of unbranched alkanes of at least 4 members (excludes halogenated alkanes) is 2. The zero-order valence-corrected chi connectivity index (χ0v) is 17.2. The molecule has 2 N–H and O–H groups in total. The lowest BCUT2D eigenvalue weighted by Crippen LogP contribution is -2.29. The van der Waals surface area contributed by atoms with Crippen LogP contribution in [-0.2, 0) is 14.3 Å². The monoisotopic (exact) mass is 382 g/mol. The lowest BCUT2D eigenvalue weighted by Gasteiger charge is -2.30. The molecule has 2 rings (SSSR count). The minimum atomic E-state index is -0.915. The summed E-state index contributed by atoms with van der Waals surface area (Å²) in [6, 6.07) is 0. The van der Waals surface area contributed by atoms with E-state index in [0.29, 0.717) is 30.7 Å². The molecule has 5 atom stereocenters. The van der Waals surface area contributed by atoms with Gasteiger partial charge in [-0.2, -0.15) is 0 Å². The fraction of sp³-hybridized carbons (Fsp3) is 0.864. The quantitative estimate of drug-likeness (QED) is 0.369. The van der Waals surface area contributed by atoms with E-state index >= 15 is 0 Å². The third-order valence-corrected chi connectivity index (χ3v) is 6.28. The van der Waals surface area contributed by atoms with Crippen molar-refractivity contribution in [2.45, 2.75) is 90.4 Å². The molecule has 1 unspecified atom stereocenters. The summed E-state index contributed by atoms with van der Waals surface area (Å²) >= 11 is 0. The first kappa shape index (κ1) is 22.4. The highest BCUT2D eigenvalue weighted by Gasteiger charge is 2.47. The van der Waals surface area contributed by atoms with E-state index in [1.807, 2.05) is 6.08 Å². The van der Waals surface area contributed by atoms with Gasteiger partial charge in [-0.05, 0) is 43.4 Å². The van der Waals surface area contributed by atoms with Gasteiger partial charge >= 0.3 is 5.97 Å². The van der Waals surface area contributed by atoms with Gasteiger partial charge in [-0.25, -0.2) is 4.79 Å². The van der Waals surface area contributed by atoms with Crippen LogP contribution >= 0.6 is 0 Å². The number of carbonyl (C=O) groups is 1. The number of carboxylic acids is 1. The second kappa shape index (κ2) is 10.6. The van der Waals surface area contributed by atoms with Crippen molar-refractivity contribution >= 4 is 5.97 Å². The van der Waals surface area contributed by atoms with Crippen molar-refractivity contribution in [1.82, 2.24) is 0 Å². The fourth-order valence-electron chi connectivity index (χ4n) is 4.47. The Morgan fingerprint density at radius 2 is 2.00 bits per heavy atom. The highest BCUT2D eigenvalue weighted by Crippen LogP contribution is 2.46. The molecule has 2 heterocycles. The molecule has 0 aromatic heterocycles. The van der Waals surface area contributed by atoms with E-state index in [1.54, 1.807) is 0 Å². The van der Waals surface area contributed by atoms with Gasteiger partial charge in [-0.3, -0.25) is 0 Å². The highest BCUT2D eigenvalue weighted by molar-refractivity contribution is 5.67. The maximum atomic E-state index is 10.6. The topological polar surface area (TPSA) is 76.0 Å². The Kier molecular flexibility index (Phi) is 8.77. The van der Waals surface area contributed by atoms with E-state index in [1.165, 1.54) is 0 Å². The molecular weight excluding hydrogens is 344 g/mol. The lowest BCUT2D eigenvalue weighted by molar-refractivity contribution is -0.142. The molecule has 0 aromatic rings. The van der Waals surface area contributed by atoms with Gasteiger partial charge in [-0.1, -0.05) is 52.2 Å². The maximum absolute atomic E-state index is 10.6. The molecule has 5 heteroatoms. The molecule has 0 aromatic carbocycles. The number of rotatable bonds is 13. The smallest absolute Gasteiger partial charge is 0.329 e. The Balaban J connectivity index is 1.82. The summed E-state index contributed by atoms with van der Waals surface area (Å²) in [4.78, 5) is 10.5. The third kappa shape index (κ3) is 6.58. The minimum absolute atomic E-state index is 0.0953. The van der Waals surface area contributed by atoms with E-state index in [-0.39, 0.29) is 12.0 Å². The minimum Gasteiger partial charge on any atom is -0.480 e. The van der Waals surface area contributed by atoms with Crippen molar-refractivity contribution in [2.24, 2.45) is 17.3 Å². The van der Waals surface area contributed by atoms with Crippen LogP contribution in [0.15, 0.2) is 12.2 Å². The molecular formula is C22H38O5. The Morgan fingerprint density at radius 3 is 2.70 bits per heavy atom. The SMILES string of the molecule is CCCCC(C)(C)C(O)C=C[C@H]1[C@@H](CCCCOCC(=O)O)[C@H]2CC[C@@H]1O2. The number of carboxylic acid groups (broad SMARTS) is 1. The van der Waals surface area contributed by atoms with Gasteiger partial charge in [0, 0.05) is 12.5 Å². The molecule has 2 bridgehead atoms. The van der Waals surface area contributed by atoms with Crippen LogP contribution < -0.4 is 0 Å². The molecule has 0 amide bonds. The molecule has 2 saturated heterocycles. The second-order valence-electron chi connectivity index (χ2n) is 8.90. The summed E-state index contributed by atoms with van der Waals surface area (Å²) in [5.74, 6) is -0.0205. The molecule has 2 fully saturated rings. The molecule has 2 aliphatic heterocycles. The standard InChI is InChI=1S/C22H38O5/c1-4-5-13-22(2,3)20(23)12-9-17-16(18-10-11-19(17)27-18)8-6-7-14-26-15-21(24)25/h9,12,16-20,23H,4-8,10-11,13-15H2,1-3H3,(H,24,25)/t16-,17+,18-,19+,20?/m1/s1. The van der Waals surface area contributed by atoms with E-state index < -0.39 is 12.1 Å². The number of aliphatic carboxylic acids is 1. The van der Waals surface area contributed by atoms with Gasteiger partial charge in [0.2, 0.25) is 0 Å². The third-order valence-electron chi connectivity index (χ3n) is 6.28. The van der Waals surface area contributed by atoms with Crippen molar-refractivity contribution in [3.05, 3.63) is 12.2 Å². The summed E-state index contributed by atoms with van der Waals surface area (Å²) in [6.45, 7) is 6.75. The predicted molar refractivity (Wildman–Crippen MR) is 106 cm³/mol. The number of fused-ring (bicyclic) bond motifs is 2. The Hall–Kier alpha value is -0.910. The van der Waals surface area contributed by atoms with Crippen molar-refractivity contribution < 1.29 is 24.5 Å². The van der Waals surface area contributed by atoms with Crippen molar-refractivity contribution in [3.63, 3.8) is 0 Å². The van der Waals surface area contributed by atoms with E-state index in [0.717, 1.165) is 51.4 Å². The van der Waals surface area contributed by atoms with Crippen LogP contribution in [0.25, 0.3) is 0 Å². The van der Waals surface area contributed by atoms with E-state index in [2.05, 4.69) is 26.8 Å². The summed E-state index contributed by atoms with van der Waals surface area (Å²) < 4.78 is 11.3. The molecule has 27 heavy (non-hydrogen) atoms. The molecule has 2 aliphatic rings. The van der Waals surface area contributed by atoms with Crippen LogP contribution in [0.1, 0.15) is 72.1 Å². The van der Waals surface area contributed by atoms with Crippen LogP contribution in [0.2, 0.25) is 0 Å². The van der Waals surface area contributed by atoms with Crippen LogP contribution in [0.3, 0.4) is 0 Å². The van der Waals surface area contributed by atoms with Crippen LogP contribution in [0.4, 0.5) is 0 Å². The molecule has 5 nitrogen and oxygen atoms in total. The zero-order chi connectivity index (χ0) is 19.9. The zero-order valence-electron chi connectivity index (χ0n) is 17.2. The van der Waals surface area contributed by atoms with Gasteiger partial charge < -0.3 is 19.7 Å². The van der Waals surface area contributed by atoms with Gasteiger partial charge in [0.05, 0.1) is 18.3 Å². The number of aliphatic hydroxyl groups excluding tert-OH is 1. The average Bonchev–Trinajstić information content (AvgIpc) is 3.22. The van der Waals surface area contributed by atoms with Gasteiger partial charge in [0.25, 0.3) is 0 Å². The van der Waals surface area contributed by atoms with Crippen LogP contribution in [-0.4, -0.2) is 47.7 Å². The van der Waals surface area contributed by atoms with Crippen molar-refractivity contribution in [3.8, 4) is 0 Å². The molecule has 0 spiro atoms. The Labute approximate surface area is 164 Å². The summed E-state index contributed by atoms with van der Waals surface area (Å²) in [7, 11) is 0. The Bertz CT molecular complexity index is 487. The van der Waals surface area contributed by atoms with Crippen LogP contribution in [0, 0.1) is 17.3 Å². The highest BCUT2D eigenvalue weighted by atomic mass is 16.5. The Morgan fingerprint density at radius 1 is 1.26 bits per heavy atom. The summed E-state index contributed by atoms with van der Waals surface area (Å²) in [5, 5.41) is 19.2. The lowest BCUT2D eigenvalue weighted by atomic mass is 9.75. The fourth-order valence-corrected chi connectivity index (χ4v) is 4.47. The first-order chi connectivity index (χ1) is 12.8. The summed E-state index contributed by atoms with van der Waals surface area (Å²) in [5.41, 5.74) is -0.0953. The molecule has 156 valence electrons. The largest absolute Gasteiger partial charge is 0.480 e. The van der Waals surface area contributed by atoms with Crippen molar-refractivity contribution in [1.29, 1.82) is 0 Å². The van der Waals surface area contributed by atoms with E-state index in [4.69, 9.17) is 14.6 Å². The number of hydrogen-bond donors (Lipinski definition) is 2. The summed E-state index contributed by atoms with van der Waals surface area (Å²) in [6.07, 6.45) is 13.0.